The van der Waals surface area contributed by atoms with Gasteiger partial charge in [-0.2, -0.15) is 11.8 Å². The molecule has 0 unspecified atom stereocenters. The molecule has 2 aromatic rings. The number of carbonyl (C=O) groups excluding carboxylic acids is 1. The summed E-state index contributed by atoms with van der Waals surface area (Å²) in [7, 11) is 0. The van der Waals surface area contributed by atoms with Crippen molar-refractivity contribution >= 4 is 17.8 Å². The SMILES string of the molecule is O=C(NCc1ccccc1)N1CCS[C@@H](c2ccc3c(c2)OCO3)CC1. The van der Waals surface area contributed by atoms with Crippen molar-refractivity contribution in [3.8, 4) is 11.5 Å². The van der Waals surface area contributed by atoms with Crippen LogP contribution in [0.4, 0.5) is 4.79 Å². The summed E-state index contributed by atoms with van der Waals surface area (Å²) in [4.78, 5) is 14.4. The maximum atomic E-state index is 12.5. The molecule has 0 aromatic heterocycles. The first-order valence-corrected chi connectivity index (χ1v) is 9.92. The molecular weight excluding hydrogens is 348 g/mol. The molecule has 26 heavy (non-hydrogen) atoms. The molecule has 0 radical (unpaired) electrons. The third-order valence-electron chi connectivity index (χ3n) is 4.68. The summed E-state index contributed by atoms with van der Waals surface area (Å²) in [5.74, 6) is 2.57. The standard InChI is InChI=1S/C20H22N2O3S/c23-20(21-13-15-4-2-1-3-5-15)22-9-8-19(26-11-10-22)16-6-7-17-18(12-16)25-14-24-17/h1-7,12,19H,8-11,13-14H2,(H,21,23)/t19-/m1/s1. The Morgan fingerprint density at radius 2 is 1.96 bits per heavy atom. The molecule has 2 aliphatic heterocycles. The first-order chi connectivity index (χ1) is 12.8. The summed E-state index contributed by atoms with van der Waals surface area (Å²) in [5.41, 5.74) is 2.36. The summed E-state index contributed by atoms with van der Waals surface area (Å²) < 4.78 is 10.9. The van der Waals surface area contributed by atoms with Crippen molar-refractivity contribution in [1.82, 2.24) is 10.2 Å². The van der Waals surface area contributed by atoms with E-state index < -0.39 is 0 Å². The highest BCUT2D eigenvalue weighted by atomic mass is 32.2. The quantitative estimate of drug-likeness (QED) is 0.893. The maximum absolute atomic E-state index is 12.5. The highest BCUT2D eigenvalue weighted by Gasteiger charge is 2.23. The third-order valence-corrected chi connectivity index (χ3v) is 6.01. The number of ether oxygens (including phenoxy) is 2. The van der Waals surface area contributed by atoms with Crippen molar-refractivity contribution in [1.29, 1.82) is 0 Å². The molecule has 2 aromatic carbocycles. The summed E-state index contributed by atoms with van der Waals surface area (Å²) in [6.07, 6.45) is 0.934. The highest BCUT2D eigenvalue weighted by Crippen LogP contribution is 2.40. The molecule has 1 fully saturated rings. The number of benzene rings is 2. The first kappa shape index (κ1) is 17.1. The van der Waals surface area contributed by atoms with E-state index in [2.05, 4.69) is 17.4 Å². The van der Waals surface area contributed by atoms with Crippen LogP contribution in [0.1, 0.15) is 22.8 Å². The molecule has 1 saturated heterocycles. The normalized spacial score (nSPS) is 19.1. The number of nitrogens with zero attached hydrogens (tertiary/aromatic N) is 1. The second kappa shape index (κ2) is 7.91. The Hall–Kier alpha value is -2.34. The molecule has 1 N–H and O–H groups in total. The molecule has 5 nitrogen and oxygen atoms in total. The molecule has 1 atom stereocenters. The van der Waals surface area contributed by atoms with Crippen molar-refractivity contribution in [2.24, 2.45) is 0 Å². The van der Waals surface area contributed by atoms with E-state index in [0.29, 0.717) is 18.6 Å². The predicted octanol–water partition coefficient (Wildman–Crippen LogP) is 3.81. The molecule has 0 aliphatic carbocycles. The van der Waals surface area contributed by atoms with Gasteiger partial charge in [-0.3, -0.25) is 0 Å². The first-order valence-electron chi connectivity index (χ1n) is 8.87. The lowest BCUT2D eigenvalue weighted by atomic mass is 10.1. The van der Waals surface area contributed by atoms with Crippen LogP contribution >= 0.6 is 11.8 Å². The molecule has 2 amide bonds. The van der Waals surface area contributed by atoms with Crippen LogP contribution in [0, 0.1) is 0 Å². The topological polar surface area (TPSA) is 50.8 Å². The molecule has 136 valence electrons. The number of nitrogens with one attached hydrogen (secondary N) is 1. The van der Waals surface area contributed by atoms with Gasteiger partial charge >= 0.3 is 6.03 Å². The van der Waals surface area contributed by atoms with Crippen LogP contribution in [-0.2, 0) is 6.54 Å². The second-order valence-corrected chi connectivity index (χ2v) is 7.70. The molecular formula is C20H22N2O3S. The Labute approximate surface area is 157 Å². The monoisotopic (exact) mass is 370 g/mol. The van der Waals surface area contributed by atoms with E-state index in [1.54, 1.807) is 0 Å². The van der Waals surface area contributed by atoms with Gasteiger partial charge in [-0.05, 0) is 29.7 Å². The van der Waals surface area contributed by atoms with Gasteiger partial charge in [-0.1, -0.05) is 36.4 Å². The van der Waals surface area contributed by atoms with Crippen molar-refractivity contribution in [2.45, 2.75) is 18.2 Å². The van der Waals surface area contributed by atoms with E-state index in [0.717, 1.165) is 42.3 Å². The number of thioether (sulfide) groups is 1. The summed E-state index contributed by atoms with van der Waals surface area (Å²) in [6.45, 7) is 2.39. The van der Waals surface area contributed by atoms with E-state index in [-0.39, 0.29) is 6.03 Å². The smallest absolute Gasteiger partial charge is 0.317 e. The molecule has 4 rings (SSSR count). The van der Waals surface area contributed by atoms with E-state index >= 15 is 0 Å². The molecule has 0 spiro atoms. The van der Waals surface area contributed by atoms with E-state index in [9.17, 15) is 4.79 Å². The number of hydrogen-bond donors (Lipinski definition) is 1. The van der Waals surface area contributed by atoms with Crippen LogP contribution in [0.3, 0.4) is 0 Å². The third kappa shape index (κ3) is 3.90. The lowest BCUT2D eigenvalue weighted by Crippen LogP contribution is -2.40. The zero-order valence-corrected chi connectivity index (χ0v) is 15.3. The summed E-state index contributed by atoms with van der Waals surface area (Å²) in [6, 6.07) is 16.2. The Bertz CT molecular complexity index is 769. The number of amides is 2. The summed E-state index contributed by atoms with van der Waals surface area (Å²) >= 11 is 1.90. The molecule has 6 heteroatoms. The van der Waals surface area contributed by atoms with Crippen molar-refractivity contribution in [3.05, 3.63) is 59.7 Å². The summed E-state index contributed by atoms with van der Waals surface area (Å²) in [5, 5.41) is 3.40. The minimum atomic E-state index is 0.0146. The molecule has 2 heterocycles. The number of rotatable bonds is 3. The van der Waals surface area contributed by atoms with Crippen LogP contribution in [0.2, 0.25) is 0 Å². The van der Waals surface area contributed by atoms with Crippen LogP contribution in [0.5, 0.6) is 11.5 Å². The van der Waals surface area contributed by atoms with Crippen LogP contribution in [0.25, 0.3) is 0 Å². The number of urea groups is 1. The van der Waals surface area contributed by atoms with Crippen molar-refractivity contribution < 1.29 is 14.3 Å². The van der Waals surface area contributed by atoms with Crippen LogP contribution in [-0.4, -0.2) is 36.6 Å². The van der Waals surface area contributed by atoms with Gasteiger partial charge in [0.2, 0.25) is 6.79 Å². The van der Waals surface area contributed by atoms with Gasteiger partial charge < -0.3 is 19.7 Å². The Morgan fingerprint density at radius 1 is 1.12 bits per heavy atom. The number of carbonyl (C=O) groups is 1. The number of hydrogen-bond acceptors (Lipinski definition) is 4. The average Bonchev–Trinajstić information content (AvgIpc) is 3.01. The largest absolute Gasteiger partial charge is 0.454 e. The zero-order chi connectivity index (χ0) is 17.8. The van der Waals surface area contributed by atoms with Gasteiger partial charge in [0.1, 0.15) is 0 Å². The molecule has 2 aliphatic rings. The predicted molar refractivity (Wildman–Crippen MR) is 103 cm³/mol. The fourth-order valence-corrected chi connectivity index (χ4v) is 4.46. The molecule has 0 bridgehead atoms. The van der Waals surface area contributed by atoms with Crippen molar-refractivity contribution in [2.75, 3.05) is 25.6 Å². The Balaban J connectivity index is 1.33. The lowest BCUT2D eigenvalue weighted by molar-refractivity contribution is 0.174. The number of fused-ring (bicyclic) bond motifs is 1. The highest BCUT2D eigenvalue weighted by molar-refractivity contribution is 7.99. The Kier molecular flexibility index (Phi) is 5.20. The minimum absolute atomic E-state index is 0.0146. The zero-order valence-electron chi connectivity index (χ0n) is 14.5. The van der Waals surface area contributed by atoms with E-state index in [1.165, 1.54) is 5.56 Å². The maximum Gasteiger partial charge on any atom is 0.317 e. The van der Waals surface area contributed by atoms with Crippen LogP contribution < -0.4 is 14.8 Å². The van der Waals surface area contributed by atoms with Gasteiger partial charge in [-0.25, -0.2) is 4.79 Å². The van der Waals surface area contributed by atoms with Crippen LogP contribution in [0.15, 0.2) is 48.5 Å². The van der Waals surface area contributed by atoms with E-state index in [4.69, 9.17) is 9.47 Å². The van der Waals surface area contributed by atoms with Gasteiger partial charge in [0.15, 0.2) is 11.5 Å². The van der Waals surface area contributed by atoms with Crippen molar-refractivity contribution in [3.63, 3.8) is 0 Å². The average molecular weight is 370 g/mol. The molecule has 0 saturated carbocycles. The van der Waals surface area contributed by atoms with Gasteiger partial charge in [0.25, 0.3) is 0 Å². The Morgan fingerprint density at radius 3 is 2.85 bits per heavy atom. The fraction of sp³-hybridized carbons (Fsp3) is 0.350. The van der Waals surface area contributed by atoms with Gasteiger partial charge in [-0.15, -0.1) is 0 Å². The minimum Gasteiger partial charge on any atom is -0.454 e. The lowest BCUT2D eigenvalue weighted by Gasteiger charge is -2.21. The van der Waals surface area contributed by atoms with Gasteiger partial charge in [0, 0.05) is 30.6 Å². The fourth-order valence-electron chi connectivity index (χ4n) is 3.24. The van der Waals surface area contributed by atoms with E-state index in [1.807, 2.05) is 53.1 Å². The second-order valence-electron chi connectivity index (χ2n) is 6.39. The van der Waals surface area contributed by atoms with Gasteiger partial charge in [0.05, 0.1) is 0 Å².